The predicted molar refractivity (Wildman–Crippen MR) is 60.0 cm³/mol. The van der Waals surface area contributed by atoms with Crippen molar-refractivity contribution < 1.29 is 4.79 Å². The Hall–Kier alpha value is -1.20. The zero-order valence-electron chi connectivity index (χ0n) is 9.06. The predicted octanol–water partition coefficient (Wildman–Crippen LogP) is 0.404. The SMILES string of the molecule is CN1CCN(Cc2cnc(Cl)cn2)CC1=O. The molecule has 0 N–H and O–H groups in total. The van der Waals surface area contributed by atoms with E-state index >= 15 is 0 Å². The van der Waals surface area contributed by atoms with Crippen LogP contribution in [0.2, 0.25) is 5.15 Å². The van der Waals surface area contributed by atoms with E-state index in [2.05, 4.69) is 14.9 Å². The van der Waals surface area contributed by atoms with Crippen LogP contribution in [0.15, 0.2) is 12.4 Å². The van der Waals surface area contributed by atoms with Gasteiger partial charge in [-0.3, -0.25) is 14.7 Å². The van der Waals surface area contributed by atoms with Crippen LogP contribution >= 0.6 is 11.6 Å². The lowest BCUT2D eigenvalue weighted by Crippen LogP contribution is -2.48. The van der Waals surface area contributed by atoms with Crippen molar-refractivity contribution in [3.8, 4) is 0 Å². The second kappa shape index (κ2) is 4.76. The summed E-state index contributed by atoms with van der Waals surface area (Å²) in [5.41, 5.74) is 0.835. The number of piperazine rings is 1. The molecule has 16 heavy (non-hydrogen) atoms. The van der Waals surface area contributed by atoms with Crippen LogP contribution in [0.1, 0.15) is 5.69 Å². The van der Waals surface area contributed by atoms with Crippen molar-refractivity contribution in [2.24, 2.45) is 0 Å². The highest BCUT2D eigenvalue weighted by atomic mass is 35.5. The van der Waals surface area contributed by atoms with Gasteiger partial charge in [0.25, 0.3) is 0 Å². The van der Waals surface area contributed by atoms with Crippen LogP contribution in [0.4, 0.5) is 0 Å². The number of rotatable bonds is 2. The maximum Gasteiger partial charge on any atom is 0.236 e. The molecule has 0 spiro atoms. The smallest absolute Gasteiger partial charge is 0.236 e. The first kappa shape index (κ1) is 11.3. The fourth-order valence-electron chi connectivity index (χ4n) is 1.59. The minimum absolute atomic E-state index is 0.146. The summed E-state index contributed by atoms with van der Waals surface area (Å²) in [5, 5.41) is 0.387. The van der Waals surface area contributed by atoms with Crippen molar-refractivity contribution in [3.63, 3.8) is 0 Å². The van der Waals surface area contributed by atoms with E-state index in [1.807, 2.05) is 7.05 Å². The molecule has 0 bridgehead atoms. The number of nitrogens with zero attached hydrogens (tertiary/aromatic N) is 4. The van der Waals surface area contributed by atoms with E-state index in [1.165, 1.54) is 6.20 Å². The Bertz CT molecular complexity index is 381. The van der Waals surface area contributed by atoms with Gasteiger partial charge in [0, 0.05) is 26.7 Å². The average Bonchev–Trinajstić information content (AvgIpc) is 2.27. The Morgan fingerprint density at radius 2 is 2.19 bits per heavy atom. The molecule has 86 valence electrons. The molecule has 0 aliphatic carbocycles. The number of halogens is 1. The van der Waals surface area contributed by atoms with Crippen molar-refractivity contribution in [1.29, 1.82) is 0 Å². The fraction of sp³-hybridized carbons (Fsp3) is 0.500. The Labute approximate surface area is 99.0 Å². The Kier molecular flexibility index (Phi) is 3.36. The number of amides is 1. The van der Waals surface area contributed by atoms with Gasteiger partial charge in [0.15, 0.2) is 0 Å². The quantitative estimate of drug-likeness (QED) is 0.751. The molecule has 0 aromatic carbocycles. The van der Waals surface area contributed by atoms with Gasteiger partial charge in [0.2, 0.25) is 5.91 Å². The molecule has 5 nitrogen and oxygen atoms in total. The van der Waals surface area contributed by atoms with Crippen molar-refractivity contribution in [2.45, 2.75) is 6.54 Å². The van der Waals surface area contributed by atoms with E-state index in [0.717, 1.165) is 18.8 Å². The standard InChI is InChI=1S/C10H13ClN4O/c1-14-2-3-15(7-10(14)16)6-8-4-13-9(11)5-12-8/h4-5H,2-3,6-7H2,1H3. The van der Waals surface area contributed by atoms with Crippen molar-refractivity contribution in [3.05, 3.63) is 23.2 Å². The van der Waals surface area contributed by atoms with Gasteiger partial charge in [-0.25, -0.2) is 4.98 Å². The minimum Gasteiger partial charge on any atom is -0.343 e. The Balaban J connectivity index is 1.95. The molecule has 2 rings (SSSR count). The van der Waals surface area contributed by atoms with E-state index in [0.29, 0.717) is 18.2 Å². The van der Waals surface area contributed by atoms with E-state index in [4.69, 9.17) is 11.6 Å². The summed E-state index contributed by atoms with van der Waals surface area (Å²) >= 11 is 5.65. The Morgan fingerprint density at radius 3 is 2.81 bits per heavy atom. The molecule has 1 aliphatic rings. The molecule has 6 heteroatoms. The highest BCUT2D eigenvalue weighted by Gasteiger charge is 2.20. The third-order valence-electron chi connectivity index (χ3n) is 2.60. The highest BCUT2D eigenvalue weighted by Crippen LogP contribution is 2.07. The van der Waals surface area contributed by atoms with Crippen LogP contribution in [-0.4, -0.2) is 52.4 Å². The number of hydrogen-bond donors (Lipinski definition) is 0. The van der Waals surface area contributed by atoms with Crippen LogP contribution < -0.4 is 0 Å². The zero-order chi connectivity index (χ0) is 11.5. The van der Waals surface area contributed by atoms with Gasteiger partial charge < -0.3 is 4.90 Å². The molecule has 1 amide bonds. The normalized spacial score (nSPS) is 17.9. The first-order valence-corrected chi connectivity index (χ1v) is 5.45. The molecule has 0 unspecified atom stereocenters. The molecule has 0 saturated carbocycles. The van der Waals surface area contributed by atoms with Crippen molar-refractivity contribution >= 4 is 17.5 Å². The number of likely N-dealkylation sites (N-methyl/N-ethyl adjacent to an activating group) is 1. The van der Waals surface area contributed by atoms with Gasteiger partial charge in [0.1, 0.15) is 5.15 Å². The number of carbonyl (C=O) groups excluding carboxylic acids is 1. The van der Waals surface area contributed by atoms with E-state index in [9.17, 15) is 4.79 Å². The van der Waals surface area contributed by atoms with Gasteiger partial charge in [-0.15, -0.1) is 0 Å². The van der Waals surface area contributed by atoms with Crippen molar-refractivity contribution in [1.82, 2.24) is 19.8 Å². The Morgan fingerprint density at radius 1 is 1.38 bits per heavy atom. The second-order valence-electron chi connectivity index (χ2n) is 3.86. The summed E-state index contributed by atoms with van der Waals surface area (Å²) in [5.74, 6) is 0.146. The number of hydrogen-bond acceptors (Lipinski definition) is 4. The first-order valence-electron chi connectivity index (χ1n) is 5.08. The van der Waals surface area contributed by atoms with Gasteiger partial charge in [0.05, 0.1) is 24.6 Å². The topological polar surface area (TPSA) is 49.3 Å². The van der Waals surface area contributed by atoms with E-state index in [1.54, 1.807) is 11.1 Å². The maximum atomic E-state index is 11.5. The number of carbonyl (C=O) groups is 1. The summed E-state index contributed by atoms with van der Waals surface area (Å²) in [6.45, 7) is 2.72. The minimum atomic E-state index is 0.146. The van der Waals surface area contributed by atoms with Gasteiger partial charge in [-0.05, 0) is 0 Å². The summed E-state index contributed by atoms with van der Waals surface area (Å²) < 4.78 is 0. The largest absolute Gasteiger partial charge is 0.343 e. The molecular formula is C10H13ClN4O. The molecule has 0 radical (unpaired) electrons. The molecular weight excluding hydrogens is 228 g/mol. The lowest BCUT2D eigenvalue weighted by molar-refractivity contribution is -0.134. The van der Waals surface area contributed by atoms with Crippen LogP contribution in [0.5, 0.6) is 0 Å². The van der Waals surface area contributed by atoms with Crippen LogP contribution in [0.3, 0.4) is 0 Å². The summed E-state index contributed by atoms with van der Waals surface area (Å²) in [7, 11) is 1.82. The summed E-state index contributed by atoms with van der Waals surface area (Å²) in [6, 6.07) is 0. The zero-order valence-corrected chi connectivity index (χ0v) is 9.81. The molecule has 2 heterocycles. The summed E-state index contributed by atoms with van der Waals surface area (Å²) in [6.07, 6.45) is 3.17. The fourth-order valence-corrected chi connectivity index (χ4v) is 1.69. The molecule has 1 aromatic rings. The van der Waals surface area contributed by atoms with Crippen LogP contribution in [0, 0.1) is 0 Å². The third-order valence-corrected chi connectivity index (χ3v) is 2.79. The third kappa shape index (κ3) is 2.68. The average molecular weight is 241 g/mol. The maximum absolute atomic E-state index is 11.5. The molecule has 1 aromatic heterocycles. The molecule has 1 aliphatic heterocycles. The van der Waals surface area contributed by atoms with Crippen molar-refractivity contribution in [2.75, 3.05) is 26.7 Å². The van der Waals surface area contributed by atoms with E-state index in [-0.39, 0.29) is 5.91 Å². The van der Waals surface area contributed by atoms with E-state index < -0.39 is 0 Å². The molecule has 1 fully saturated rings. The first-order chi connectivity index (χ1) is 7.65. The lowest BCUT2D eigenvalue weighted by Gasteiger charge is -2.31. The monoisotopic (exact) mass is 240 g/mol. The second-order valence-corrected chi connectivity index (χ2v) is 4.24. The molecule has 1 saturated heterocycles. The van der Waals surface area contributed by atoms with Gasteiger partial charge in [-0.1, -0.05) is 11.6 Å². The van der Waals surface area contributed by atoms with Crippen LogP contribution in [-0.2, 0) is 11.3 Å². The highest BCUT2D eigenvalue weighted by molar-refractivity contribution is 6.29. The van der Waals surface area contributed by atoms with Crippen LogP contribution in [0.25, 0.3) is 0 Å². The lowest BCUT2D eigenvalue weighted by atomic mass is 10.3. The molecule has 0 atom stereocenters. The number of aromatic nitrogens is 2. The van der Waals surface area contributed by atoms with Gasteiger partial charge >= 0.3 is 0 Å². The summed E-state index contributed by atoms with van der Waals surface area (Å²) in [4.78, 5) is 23.4. The van der Waals surface area contributed by atoms with Gasteiger partial charge in [-0.2, -0.15) is 0 Å².